The smallest absolute Gasteiger partial charge is 0.410 e. The van der Waals surface area contributed by atoms with Gasteiger partial charge in [-0.15, -0.1) is 11.8 Å². The van der Waals surface area contributed by atoms with E-state index in [1.165, 1.54) is 7.11 Å². The molecule has 0 unspecified atom stereocenters. The largest absolute Gasteiger partial charge is 0.465 e. The molecule has 3 aromatic rings. The van der Waals surface area contributed by atoms with Crippen molar-refractivity contribution in [2.24, 2.45) is 0 Å². The van der Waals surface area contributed by atoms with E-state index in [0.717, 1.165) is 27.1 Å². The standard InChI is InChI=1S/C32H39NO5S/c1-22(2)39-29-20-26(16-17-27(29)30(35)37-6)24-14-12-23(13-15-24)18-19-33(31(36)38-32(3,4)5)21-28(34)25-10-8-7-9-11-25/h7-17,20,22,28,34H,18-19,21H2,1-6H3/t28-/m1/s1. The lowest BCUT2D eigenvalue weighted by Gasteiger charge is -2.29. The monoisotopic (exact) mass is 549 g/mol. The van der Waals surface area contributed by atoms with Gasteiger partial charge in [-0.3, -0.25) is 0 Å². The Balaban J connectivity index is 1.75. The number of hydrogen-bond donors (Lipinski definition) is 1. The first-order valence-corrected chi connectivity index (χ1v) is 14.0. The van der Waals surface area contributed by atoms with E-state index in [1.54, 1.807) is 16.7 Å². The molecule has 0 spiro atoms. The number of hydrogen-bond acceptors (Lipinski definition) is 6. The molecule has 3 rings (SSSR count). The van der Waals surface area contributed by atoms with Crippen LogP contribution < -0.4 is 0 Å². The lowest BCUT2D eigenvalue weighted by molar-refractivity contribution is 0.0147. The van der Waals surface area contributed by atoms with Crippen LogP contribution in [-0.2, 0) is 15.9 Å². The highest BCUT2D eigenvalue weighted by atomic mass is 32.2. The summed E-state index contributed by atoms with van der Waals surface area (Å²) >= 11 is 1.63. The molecule has 0 saturated carbocycles. The first-order chi connectivity index (χ1) is 18.5. The maximum absolute atomic E-state index is 12.9. The minimum absolute atomic E-state index is 0.139. The average molecular weight is 550 g/mol. The van der Waals surface area contributed by atoms with E-state index in [0.29, 0.717) is 23.8 Å². The average Bonchev–Trinajstić information content (AvgIpc) is 2.90. The second-order valence-corrected chi connectivity index (χ2v) is 12.3. The number of rotatable bonds is 10. The molecule has 1 N–H and O–H groups in total. The van der Waals surface area contributed by atoms with Crippen molar-refractivity contribution in [3.05, 3.63) is 89.5 Å². The van der Waals surface area contributed by atoms with Crippen LogP contribution in [0.15, 0.2) is 77.7 Å². The Morgan fingerprint density at radius 3 is 2.18 bits per heavy atom. The zero-order valence-corrected chi connectivity index (χ0v) is 24.5. The third-order valence-corrected chi connectivity index (χ3v) is 7.00. The Hall–Kier alpha value is -3.29. The fourth-order valence-electron chi connectivity index (χ4n) is 4.03. The van der Waals surface area contributed by atoms with Crippen molar-refractivity contribution >= 4 is 23.8 Å². The van der Waals surface area contributed by atoms with Crippen LogP contribution in [0.25, 0.3) is 11.1 Å². The van der Waals surface area contributed by atoms with Crippen LogP contribution in [0.1, 0.15) is 62.2 Å². The second-order valence-electron chi connectivity index (χ2n) is 10.7. The van der Waals surface area contributed by atoms with Gasteiger partial charge in [-0.2, -0.15) is 0 Å². The third-order valence-electron chi connectivity index (χ3n) is 5.94. The highest BCUT2D eigenvalue weighted by Gasteiger charge is 2.24. The first-order valence-electron chi connectivity index (χ1n) is 13.2. The molecule has 208 valence electrons. The number of esters is 1. The Labute approximate surface area is 236 Å². The highest BCUT2D eigenvalue weighted by molar-refractivity contribution is 8.00. The van der Waals surface area contributed by atoms with Gasteiger partial charge in [-0.1, -0.05) is 74.5 Å². The van der Waals surface area contributed by atoms with Crippen molar-refractivity contribution < 1.29 is 24.2 Å². The molecule has 6 nitrogen and oxygen atoms in total. The summed E-state index contributed by atoms with van der Waals surface area (Å²) in [6.45, 7) is 10.2. The molecule has 7 heteroatoms. The maximum Gasteiger partial charge on any atom is 0.410 e. The Kier molecular flexibility index (Phi) is 10.6. The molecule has 0 aliphatic rings. The molecule has 39 heavy (non-hydrogen) atoms. The van der Waals surface area contributed by atoms with Crippen LogP contribution in [-0.4, -0.2) is 53.1 Å². The van der Waals surface area contributed by atoms with Crippen LogP contribution in [0.3, 0.4) is 0 Å². The van der Waals surface area contributed by atoms with E-state index in [9.17, 15) is 14.7 Å². The number of benzene rings is 3. The summed E-state index contributed by atoms with van der Waals surface area (Å²) in [7, 11) is 1.39. The number of carbonyl (C=O) groups is 2. The number of amides is 1. The Morgan fingerprint density at radius 1 is 0.949 bits per heavy atom. The number of aliphatic hydroxyl groups is 1. The molecular formula is C32H39NO5S. The van der Waals surface area contributed by atoms with Gasteiger partial charge in [-0.25, -0.2) is 9.59 Å². The van der Waals surface area contributed by atoms with Gasteiger partial charge >= 0.3 is 12.1 Å². The fraction of sp³-hybridized carbons (Fsp3) is 0.375. The van der Waals surface area contributed by atoms with E-state index in [2.05, 4.69) is 13.8 Å². The minimum atomic E-state index is -0.813. The number of thioether (sulfide) groups is 1. The summed E-state index contributed by atoms with van der Waals surface area (Å²) in [6.07, 6.45) is -0.654. The zero-order valence-electron chi connectivity index (χ0n) is 23.6. The van der Waals surface area contributed by atoms with Crippen LogP contribution in [0, 0.1) is 0 Å². The normalized spacial score (nSPS) is 12.2. The van der Waals surface area contributed by atoms with Gasteiger partial charge in [0.05, 0.1) is 25.3 Å². The molecule has 0 saturated heterocycles. The lowest BCUT2D eigenvalue weighted by atomic mass is 10.0. The van der Waals surface area contributed by atoms with Gasteiger partial charge in [0.2, 0.25) is 0 Å². The van der Waals surface area contributed by atoms with Crippen LogP contribution >= 0.6 is 11.8 Å². The van der Waals surface area contributed by atoms with Crippen molar-refractivity contribution in [2.45, 2.75) is 62.9 Å². The van der Waals surface area contributed by atoms with Crippen LogP contribution in [0.2, 0.25) is 0 Å². The number of aliphatic hydroxyl groups excluding tert-OH is 1. The molecule has 0 fully saturated rings. The summed E-state index contributed by atoms with van der Waals surface area (Å²) in [6, 6.07) is 23.3. The molecule has 0 aliphatic carbocycles. The molecule has 3 aromatic carbocycles. The topological polar surface area (TPSA) is 76.1 Å². The molecule has 0 aliphatic heterocycles. The Morgan fingerprint density at radius 2 is 1.59 bits per heavy atom. The van der Waals surface area contributed by atoms with Crippen molar-refractivity contribution in [3.8, 4) is 11.1 Å². The molecular weight excluding hydrogens is 510 g/mol. The molecule has 1 amide bonds. The van der Waals surface area contributed by atoms with Crippen LogP contribution in [0.5, 0.6) is 0 Å². The van der Waals surface area contributed by atoms with Gasteiger partial charge in [-0.05, 0) is 61.6 Å². The van der Waals surface area contributed by atoms with Crippen molar-refractivity contribution in [2.75, 3.05) is 20.2 Å². The quantitative estimate of drug-likeness (QED) is 0.214. The summed E-state index contributed by atoms with van der Waals surface area (Å²) in [5, 5.41) is 11.1. The van der Waals surface area contributed by atoms with Gasteiger partial charge in [0.1, 0.15) is 5.60 Å². The summed E-state index contributed by atoms with van der Waals surface area (Å²) in [5.41, 5.74) is 3.79. The zero-order chi connectivity index (χ0) is 28.6. The number of nitrogens with zero attached hydrogens (tertiary/aromatic N) is 1. The molecule has 0 aromatic heterocycles. The van der Waals surface area contributed by atoms with Crippen molar-refractivity contribution in [1.29, 1.82) is 0 Å². The summed E-state index contributed by atoms with van der Waals surface area (Å²) < 4.78 is 10.6. The molecule has 0 bridgehead atoms. The predicted octanol–water partition coefficient (Wildman–Crippen LogP) is 7.15. The lowest BCUT2D eigenvalue weighted by Crippen LogP contribution is -2.40. The van der Waals surface area contributed by atoms with E-state index in [-0.39, 0.29) is 12.5 Å². The third kappa shape index (κ3) is 9.15. The molecule has 0 radical (unpaired) electrons. The Bertz CT molecular complexity index is 1240. The molecule has 0 heterocycles. The minimum Gasteiger partial charge on any atom is -0.465 e. The predicted molar refractivity (Wildman–Crippen MR) is 157 cm³/mol. The van der Waals surface area contributed by atoms with Gasteiger partial charge < -0.3 is 19.5 Å². The molecule has 1 atom stereocenters. The van der Waals surface area contributed by atoms with Crippen LogP contribution in [0.4, 0.5) is 4.79 Å². The van der Waals surface area contributed by atoms with Gasteiger partial charge in [0.25, 0.3) is 0 Å². The maximum atomic E-state index is 12.9. The summed E-state index contributed by atoms with van der Waals surface area (Å²) in [5.74, 6) is -0.341. The fourth-order valence-corrected chi connectivity index (χ4v) is 5.01. The van der Waals surface area contributed by atoms with E-state index < -0.39 is 17.8 Å². The number of methoxy groups -OCH3 is 1. The van der Waals surface area contributed by atoms with E-state index in [4.69, 9.17) is 9.47 Å². The van der Waals surface area contributed by atoms with Crippen molar-refractivity contribution in [1.82, 2.24) is 4.90 Å². The van der Waals surface area contributed by atoms with E-state index in [1.807, 2.05) is 93.6 Å². The number of ether oxygens (including phenoxy) is 2. The second kappa shape index (κ2) is 13.7. The first kappa shape index (κ1) is 30.3. The summed E-state index contributed by atoms with van der Waals surface area (Å²) in [4.78, 5) is 27.6. The van der Waals surface area contributed by atoms with Gasteiger partial charge in [0.15, 0.2) is 0 Å². The SMILES string of the molecule is COC(=O)c1ccc(-c2ccc(CCN(C[C@@H](O)c3ccccc3)C(=O)OC(C)(C)C)cc2)cc1SC(C)C. The van der Waals surface area contributed by atoms with Gasteiger partial charge in [0, 0.05) is 16.7 Å². The highest BCUT2D eigenvalue weighted by Crippen LogP contribution is 2.32. The van der Waals surface area contributed by atoms with Crippen molar-refractivity contribution in [3.63, 3.8) is 0 Å². The number of carbonyl (C=O) groups excluding carboxylic acids is 2. The van der Waals surface area contributed by atoms with E-state index >= 15 is 0 Å².